The van der Waals surface area contributed by atoms with Gasteiger partial charge in [-0.05, 0) is 37.3 Å². The van der Waals surface area contributed by atoms with Gasteiger partial charge in [-0.1, -0.05) is 18.6 Å². The first-order valence-corrected chi connectivity index (χ1v) is 7.20. The van der Waals surface area contributed by atoms with Crippen LogP contribution in [0, 0.1) is 11.8 Å². The number of carbonyl (C=O) groups excluding carboxylic acids is 1. The number of carboxylic acids is 1. The summed E-state index contributed by atoms with van der Waals surface area (Å²) in [6.45, 7) is 0. The van der Waals surface area contributed by atoms with E-state index < -0.39 is 23.6 Å². The molecule has 2 atom stereocenters. The first kappa shape index (κ1) is 16.5. The van der Waals surface area contributed by atoms with Crippen LogP contribution >= 0.6 is 0 Å². The predicted molar refractivity (Wildman–Crippen MR) is 73.5 cm³/mol. The van der Waals surface area contributed by atoms with Crippen LogP contribution in [-0.2, 0) is 11.0 Å². The quantitative estimate of drug-likeness (QED) is 0.849. The fourth-order valence-electron chi connectivity index (χ4n) is 2.95. The van der Waals surface area contributed by atoms with Crippen LogP contribution in [0.1, 0.15) is 48.0 Å². The highest BCUT2D eigenvalue weighted by molar-refractivity contribution is 5.96. The van der Waals surface area contributed by atoms with E-state index in [0.29, 0.717) is 12.8 Å². The number of hydrogen-bond donors (Lipinski definition) is 1. The smallest absolute Gasteiger partial charge is 0.416 e. The van der Waals surface area contributed by atoms with E-state index in [1.807, 2.05) is 0 Å². The third kappa shape index (κ3) is 4.08. The molecule has 1 aromatic rings. The summed E-state index contributed by atoms with van der Waals surface area (Å²) in [7, 11) is 0. The normalized spacial score (nSPS) is 22.3. The maximum Gasteiger partial charge on any atom is 0.416 e. The molecule has 0 aromatic heterocycles. The Morgan fingerprint density at radius 2 is 1.95 bits per heavy atom. The number of carbonyl (C=O) groups is 2. The summed E-state index contributed by atoms with van der Waals surface area (Å²) in [5.74, 6) is -1.75. The van der Waals surface area contributed by atoms with Gasteiger partial charge in [0.05, 0.1) is 11.5 Å². The highest BCUT2D eigenvalue weighted by Gasteiger charge is 2.32. The summed E-state index contributed by atoms with van der Waals surface area (Å²) in [5, 5.41) is 9.02. The molecule has 1 N–H and O–H groups in total. The second-order valence-electron chi connectivity index (χ2n) is 5.77. The summed E-state index contributed by atoms with van der Waals surface area (Å²) < 4.78 is 38.0. The average Bonchev–Trinajstić information content (AvgIpc) is 2.46. The molecule has 1 saturated carbocycles. The van der Waals surface area contributed by atoms with Crippen LogP contribution in [0.4, 0.5) is 13.2 Å². The Bertz CT molecular complexity index is 566. The van der Waals surface area contributed by atoms with Crippen molar-refractivity contribution in [1.82, 2.24) is 0 Å². The molecule has 0 amide bonds. The molecule has 2 rings (SSSR count). The molecule has 1 fully saturated rings. The number of halogens is 3. The van der Waals surface area contributed by atoms with Gasteiger partial charge in [-0.3, -0.25) is 9.59 Å². The molecule has 120 valence electrons. The molecule has 0 bridgehead atoms. The third-order valence-electron chi connectivity index (χ3n) is 4.12. The van der Waals surface area contributed by atoms with Crippen molar-refractivity contribution >= 4 is 11.8 Å². The SMILES string of the molecule is O=C(C[C@H]1CCC[C@@H](C(=O)O)C1)c1cccc(C(F)(F)F)c1. The van der Waals surface area contributed by atoms with Crippen molar-refractivity contribution in [3.8, 4) is 0 Å². The highest BCUT2D eigenvalue weighted by Crippen LogP contribution is 2.33. The lowest BCUT2D eigenvalue weighted by molar-refractivity contribution is -0.143. The minimum atomic E-state index is -4.48. The lowest BCUT2D eigenvalue weighted by Crippen LogP contribution is -2.24. The maximum absolute atomic E-state index is 12.7. The molecule has 0 saturated heterocycles. The third-order valence-corrected chi connectivity index (χ3v) is 4.12. The number of ketones is 1. The molecule has 22 heavy (non-hydrogen) atoms. The summed E-state index contributed by atoms with van der Waals surface area (Å²) in [6.07, 6.45) is -1.88. The number of hydrogen-bond acceptors (Lipinski definition) is 2. The standard InChI is InChI=1S/C16H17F3O3/c17-16(18,19)13-6-2-4-11(9-13)14(20)8-10-3-1-5-12(7-10)15(21)22/h2,4,6,9-10,12H,1,3,5,7-8H2,(H,21,22)/t10-,12+/m0/s1. The lowest BCUT2D eigenvalue weighted by Gasteiger charge is -2.26. The van der Waals surface area contributed by atoms with Crippen LogP contribution in [0.25, 0.3) is 0 Å². The Labute approximate surface area is 126 Å². The number of aliphatic carboxylic acids is 1. The molecular weight excluding hydrogens is 297 g/mol. The number of Topliss-reactive ketones (excluding diaryl/α,β-unsaturated/α-hetero) is 1. The van der Waals surface area contributed by atoms with E-state index in [1.54, 1.807) is 0 Å². The van der Waals surface area contributed by atoms with Gasteiger partial charge in [0.15, 0.2) is 5.78 Å². The van der Waals surface area contributed by atoms with Crippen LogP contribution in [0.3, 0.4) is 0 Å². The molecule has 0 unspecified atom stereocenters. The van der Waals surface area contributed by atoms with Gasteiger partial charge in [0.2, 0.25) is 0 Å². The number of carboxylic acid groups (broad SMARTS) is 1. The second kappa shape index (κ2) is 6.50. The van der Waals surface area contributed by atoms with Crippen molar-refractivity contribution in [2.75, 3.05) is 0 Å². The molecule has 3 nitrogen and oxygen atoms in total. The van der Waals surface area contributed by atoms with Crippen LogP contribution in [-0.4, -0.2) is 16.9 Å². The molecule has 0 aliphatic heterocycles. The van der Waals surface area contributed by atoms with E-state index in [4.69, 9.17) is 5.11 Å². The Hall–Kier alpha value is -1.85. The lowest BCUT2D eigenvalue weighted by atomic mass is 9.78. The van der Waals surface area contributed by atoms with Crippen molar-refractivity contribution in [3.05, 3.63) is 35.4 Å². The van der Waals surface area contributed by atoms with E-state index in [9.17, 15) is 22.8 Å². The van der Waals surface area contributed by atoms with Crippen molar-refractivity contribution in [3.63, 3.8) is 0 Å². The van der Waals surface area contributed by atoms with Crippen molar-refractivity contribution in [1.29, 1.82) is 0 Å². The van der Waals surface area contributed by atoms with E-state index in [2.05, 4.69) is 0 Å². The van der Waals surface area contributed by atoms with E-state index in [0.717, 1.165) is 25.0 Å². The molecule has 1 aromatic carbocycles. The van der Waals surface area contributed by atoms with Crippen LogP contribution in [0.15, 0.2) is 24.3 Å². The zero-order valence-corrected chi connectivity index (χ0v) is 11.9. The fourth-order valence-corrected chi connectivity index (χ4v) is 2.95. The molecule has 6 heteroatoms. The van der Waals surface area contributed by atoms with E-state index in [1.165, 1.54) is 12.1 Å². The first-order chi connectivity index (χ1) is 10.3. The Kier molecular flexibility index (Phi) is 4.88. The van der Waals surface area contributed by atoms with Crippen molar-refractivity contribution < 1.29 is 27.9 Å². The summed E-state index contributed by atoms with van der Waals surface area (Å²) in [6, 6.07) is 4.38. The minimum absolute atomic E-state index is 0.0345. The van der Waals surface area contributed by atoms with Crippen molar-refractivity contribution in [2.24, 2.45) is 11.8 Å². The van der Waals surface area contributed by atoms with Gasteiger partial charge in [0, 0.05) is 12.0 Å². The molecule has 0 heterocycles. The molecule has 1 aliphatic rings. The monoisotopic (exact) mass is 314 g/mol. The number of benzene rings is 1. The highest BCUT2D eigenvalue weighted by atomic mass is 19.4. The molecular formula is C16H17F3O3. The van der Waals surface area contributed by atoms with Crippen molar-refractivity contribution in [2.45, 2.75) is 38.3 Å². The zero-order valence-electron chi connectivity index (χ0n) is 11.9. The summed E-state index contributed by atoms with van der Waals surface area (Å²) >= 11 is 0. The predicted octanol–water partition coefficient (Wildman–Crippen LogP) is 4.17. The molecule has 0 radical (unpaired) electrons. The number of rotatable bonds is 4. The van der Waals surface area contributed by atoms with Gasteiger partial charge in [-0.15, -0.1) is 0 Å². The first-order valence-electron chi connectivity index (χ1n) is 7.20. The maximum atomic E-state index is 12.7. The van der Waals surface area contributed by atoms with Gasteiger partial charge in [0.25, 0.3) is 0 Å². The summed E-state index contributed by atoms with van der Waals surface area (Å²) in [5.41, 5.74) is -0.808. The second-order valence-corrected chi connectivity index (χ2v) is 5.77. The topological polar surface area (TPSA) is 54.4 Å². The van der Waals surface area contributed by atoms with Gasteiger partial charge < -0.3 is 5.11 Å². The van der Waals surface area contributed by atoms with Crippen LogP contribution in [0.5, 0.6) is 0 Å². The molecule has 0 spiro atoms. The van der Waals surface area contributed by atoms with Gasteiger partial charge in [0.1, 0.15) is 0 Å². The van der Waals surface area contributed by atoms with E-state index in [-0.39, 0.29) is 23.7 Å². The average molecular weight is 314 g/mol. The number of alkyl halides is 3. The Morgan fingerprint density at radius 1 is 1.23 bits per heavy atom. The fraction of sp³-hybridized carbons (Fsp3) is 0.500. The zero-order chi connectivity index (χ0) is 16.3. The largest absolute Gasteiger partial charge is 0.481 e. The Morgan fingerprint density at radius 3 is 2.59 bits per heavy atom. The molecule has 1 aliphatic carbocycles. The van der Waals surface area contributed by atoms with Gasteiger partial charge >= 0.3 is 12.1 Å². The minimum Gasteiger partial charge on any atom is -0.481 e. The van der Waals surface area contributed by atoms with E-state index >= 15 is 0 Å². The van der Waals surface area contributed by atoms with Crippen LogP contribution in [0.2, 0.25) is 0 Å². The summed E-state index contributed by atoms with van der Waals surface area (Å²) in [4.78, 5) is 23.2. The van der Waals surface area contributed by atoms with Gasteiger partial charge in [-0.25, -0.2) is 0 Å². The Balaban J connectivity index is 2.05. The van der Waals surface area contributed by atoms with Crippen LogP contribution < -0.4 is 0 Å². The van der Waals surface area contributed by atoms with Gasteiger partial charge in [-0.2, -0.15) is 13.2 Å².